The fourth-order valence-electron chi connectivity index (χ4n) is 4.74. The Hall–Kier alpha value is -2.40. The van der Waals surface area contributed by atoms with Crippen LogP contribution in [-0.2, 0) is 6.54 Å². The molecule has 4 rings (SSSR count). The van der Waals surface area contributed by atoms with Gasteiger partial charge in [0.2, 0.25) is 0 Å². The van der Waals surface area contributed by atoms with Gasteiger partial charge in [-0.2, -0.15) is 0 Å². The number of likely N-dealkylation sites (tertiary alicyclic amines) is 2. The molecule has 2 fully saturated rings. The summed E-state index contributed by atoms with van der Waals surface area (Å²) >= 11 is 0. The first-order chi connectivity index (χ1) is 13.7. The Kier molecular flexibility index (Phi) is 5.62. The lowest BCUT2D eigenvalue weighted by molar-refractivity contribution is 0.0172. The van der Waals surface area contributed by atoms with Crippen molar-refractivity contribution in [2.75, 3.05) is 26.7 Å². The molecule has 0 unspecified atom stereocenters. The largest absolute Gasteiger partial charge is 0.496 e. The third-order valence-electron chi connectivity index (χ3n) is 6.11. The van der Waals surface area contributed by atoms with Gasteiger partial charge in [-0.1, -0.05) is 24.3 Å². The molecule has 2 aromatic carbocycles. The number of carbonyl (C=O) groups is 1. The van der Waals surface area contributed by atoms with Gasteiger partial charge >= 0.3 is 0 Å². The van der Waals surface area contributed by atoms with Crippen LogP contribution in [0.2, 0.25) is 0 Å². The monoisotopic (exact) mass is 382 g/mol. The third-order valence-corrected chi connectivity index (χ3v) is 6.11. The molecule has 2 aliphatic rings. The minimum absolute atomic E-state index is 0.0557. The molecule has 2 atom stereocenters. The first-order valence-corrected chi connectivity index (χ1v) is 10.1. The summed E-state index contributed by atoms with van der Waals surface area (Å²) in [5.41, 5.74) is 1.66. The second-order valence-corrected chi connectivity index (χ2v) is 7.80. The van der Waals surface area contributed by atoms with E-state index in [0.717, 1.165) is 51.2 Å². The Morgan fingerprint density at radius 1 is 1.14 bits per heavy atom. The number of hydrogen-bond donors (Lipinski definition) is 0. The lowest BCUT2D eigenvalue weighted by Gasteiger charge is -2.47. The SMILES string of the molecule is COc1ccccc1CN1CCC[C@@H]2CN(C(=O)c3cccc(F)c3)CC[C@@H]21. The number of methoxy groups -OCH3 is 1. The Morgan fingerprint density at radius 3 is 2.82 bits per heavy atom. The Labute approximate surface area is 165 Å². The molecular weight excluding hydrogens is 355 g/mol. The molecule has 2 heterocycles. The van der Waals surface area contributed by atoms with E-state index in [0.29, 0.717) is 17.5 Å². The number of benzene rings is 2. The molecule has 2 aliphatic heterocycles. The number of carbonyl (C=O) groups excluding carboxylic acids is 1. The van der Waals surface area contributed by atoms with E-state index < -0.39 is 0 Å². The third kappa shape index (κ3) is 3.90. The predicted octanol–water partition coefficient (Wildman–Crippen LogP) is 3.96. The molecule has 5 heteroatoms. The average Bonchev–Trinajstić information content (AvgIpc) is 2.73. The van der Waals surface area contributed by atoms with Crippen molar-refractivity contribution in [3.63, 3.8) is 0 Å². The normalized spacial score (nSPS) is 22.6. The van der Waals surface area contributed by atoms with Crippen LogP contribution < -0.4 is 4.74 Å². The van der Waals surface area contributed by atoms with Crippen molar-refractivity contribution >= 4 is 5.91 Å². The molecule has 2 aromatic rings. The lowest BCUT2D eigenvalue weighted by Crippen LogP contribution is -2.54. The highest BCUT2D eigenvalue weighted by molar-refractivity contribution is 5.94. The first kappa shape index (κ1) is 18.9. The number of piperidine rings is 2. The molecule has 1 amide bonds. The minimum atomic E-state index is -0.360. The van der Waals surface area contributed by atoms with E-state index in [1.165, 1.54) is 17.7 Å². The molecule has 0 saturated carbocycles. The van der Waals surface area contributed by atoms with E-state index in [4.69, 9.17) is 4.74 Å². The molecule has 0 radical (unpaired) electrons. The number of amides is 1. The van der Waals surface area contributed by atoms with Crippen LogP contribution in [0.25, 0.3) is 0 Å². The van der Waals surface area contributed by atoms with Crippen molar-refractivity contribution in [1.29, 1.82) is 0 Å². The highest BCUT2D eigenvalue weighted by Gasteiger charge is 2.37. The Bertz CT molecular complexity index is 841. The summed E-state index contributed by atoms with van der Waals surface area (Å²) in [5.74, 6) is 0.985. The van der Waals surface area contributed by atoms with Crippen molar-refractivity contribution in [3.05, 3.63) is 65.5 Å². The van der Waals surface area contributed by atoms with E-state index >= 15 is 0 Å². The first-order valence-electron chi connectivity index (χ1n) is 10.1. The van der Waals surface area contributed by atoms with Crippen molar-refractivity contribution in [3.8, 4) is 5.75 Å². The summed E-state index contributed by atoms with van der Waals surface area (Å²) in [6.07, 6.45) is 3.24. The zero-order valence-electron chi connectivity index (χ0n) is 16.3. The van der Waals surface area contributed by atoms with Gasteiger partial charge in [0.25, 0.3) is 5.91 Å². The average molecular weight is 382 g/mol. The molecule has 4 nitrogen and oxygen atoms in total. The maximum absolute atomic E-state index is 13.5. The summed E-state index contributed by atoms with van der Waals surface area (Å²) in [5, 5.41) is 0. The molecule has 0 bridgehead atoms. The molecule has 28 heavy (non-hydrogen) atoms. The predicted molar refractivity (Wildman–Crippen MR) is 107 cm³/mol. The number of ether oxygens (including phenoxy) is 1. The van der Waals surface area contributed by atoms with Crippen LogP contribution in [0.4, 0.5) is 4.39 Å². The Balaban J connectivity index is 1.45. The number of hydrogen-bond acceptors (Lipinski definition) is 3. The zero-order chi connectivity index (χ0) is 19.5. The molecule has 0 spiro atoms. The number of halogens is 1. The standard InChI is InChI=1S/C23H27FN2O2/c1-28-22-10-3-2-6-19(22)16-25-12-5-8-18-15-26(13-11-21(18)25)23(27)17-7-4-9-20(24)14-17/h2-4,6-7,9-10,14,18,21H,5,8,11-13,15-16H2,1H3/t18-,21+/m1/s1. The second kappa shape index (κ2) is 8.31. The van der Waals surface area contributed by atoms with Gasteiger partial charge in [0.15, 0.2) is 0 Å². The van der Waals surface area contributed by atoms with Crippen LogP contribution in [0.5, 0.6) is 5.75 Å². The van der Waals surface area contributed by atoms with Crippen molar-refractivity contribution in [2.24, 2.45) is 5.92 Å². The number of para-hydroxylation sites is 1. The quantitative estimate of drug-likeness (QED) is 0.802. The molecule has 0 N–H and O–H groups in total. The van der Waals surface area contributed by atoms with E-state index in [1.54, 1.807) is 19.2 Å². The fourth-order valence-corrected chi connectivity index (χ4v) is 4.74. The summed E-state index contributed by atoms with van der Waals surface area (Å²) in [6.45, 7) is 3.43. The van der Waals surface area contributed by atoms with Gasteiger partial charge < -0.3 is 9.64 Å². The van der Waals surface area contributed by atoms with Gasteiger partial charge in [-0.3, -0.25) is 9.69 Å². The Morgan fingerprint density at radius 2 is 2.00 bits per heavy atom. The maximum atomic E-state index is 13.5. The van der Waals surface area contributed by atoms with Crippen molar-refractivity contribution in [1.82, 2.24) is 9.80 Å². The van der Waals surface area contributed by atoms with E-state index in [-0.39, 0.29) is 11.7 Å². The highest BCUT2D eigenvalue weighted by atomic mass is 19.1. The molecular formula is C23H27FN2O2. The molecule has 0 aliphatic carbocycles. The van der Waals surface area contributed by atoms with Crippen LogP contribution >= 0.6 is 0 Å². The van der Waals surface area contributed by atoms with Crippen LogP contribution in [-0.4, -0.2) is 48.5 Å². The highest BCUT2D eigenvalue weighted by Crippen LogP contribution is 2.33. The summed E-state index contributed by atoms with van der Waals surface area (Å²) < 4.78 is 19.0. The van der Waals surface area contributed by atoms with E-state index in [2.05, 4.69) is 17.0 Å². The van der Waals surface area contributed by atoms with Gasteiger partial charge in [-0.25, -0.2) is 4.39 Å². The topological polar surface area (TPSA) is 32.8 Å². The number of fused-ring (bicyclic) bond motifs is 1. The minimum Gasteiger partial charge on any atom is -0.496 e. The van der Waals surface area contributed by atoms with Gasteiger partial charge in [0.1, 0.15) is 11.6 Å². The van der Waals surface area contributed by atoms with Gasteiger partial charge in [0, 0.05) is 36.8 Å². The van der Waals surface area contributed by atoms with Crippen LogP contribution in [0.3, 0.4) is 0 Å². The van der Waals surface area contributed by atoms with Gasteiger partial charge in [-0.05, 0) is 56.0 Å². The zero-order valence-corrected chi connectivity index (χ0v) is 16.3. The van der Waals surface area contributed by atoms with E-state index in [1.807, 2.05) is 17.0 Å². The summed E-state index contributed by atoms with van der Waals surface area (Å²) in [7, 11) is 1.72. The van der Waals surface area contributed by atoms with Crippen molar-refractivity contribution < 1.29 is 13.9 Å². The maximum Gasteiger partial charge on any atom is 0.253 e. The van der Waals surface area contributed by atoms with E-state index in [9.17, 15) is 9.18 Å². The molecule has 148 valence electrons. The van der Waals surface area contributed by atoms with Gasteiger partial charge in [0.05, 0.1) is 7.11 Å². The van der Waals surface area contributed by atoms with Gasteiger partial charge in [-0.15, -0.1) is 0 Å². The number of rotatable bonds is 4. The molecule has 0 aromatic heterocycles. The second-order valence-electron chi connectivity index (χ2n) is 7.80. The van der Waals surface area contributed by atoms with Crippen molar-refractivity contribution in [2.45, 2.75) is 31.8 Å². The molecule has 2 saturated heterocycles. The summed E-state index contributed by atoms with van der Waals surface area (Å²) in [6, 6.07) is 14.7. The fraction of sp³-hybridized carbons (Fsp3) is 0.435. The smallest absolute Gasteiger partial charge is 0.253 e. The number of nitrogens with zero attached hydrogens (tertiary/aromatic N) is 2. The van der Waals surface area contributed by atoms with Crippen LogP contribution in [0.1, 0.15) is 35.2 Å². The van der Waals surface area contributed by atoms with Crippen LogP contribution in [0, 0.1) is 11.7 Å². The summed E-state index contributed by atoms with van der Waals surface area (Å²) in [4.78, 5) is 17.3. The van der Waals surface area contributed by atoms with Crippen LogP contribution in [0.15, 0.2) is 48.5 Å². The lowest BCUT2D eigenvalue weighted by atomic mass is 9.83.